The molecular weight excluding hydrogens is 240 g/mol. The van der Waals surface area contributed by atoms with Crippen LogP contribution < -0.4 is 5.73 Å². The van der Waals surface area contributed by atoms with E-state index < -0.39 is 5.97 Å². The molecular formula is C15H28N2O2. The Morgan fingerprint density at radius 2 is 1.95 bits per heavy atom. The fourth-order valence-electron chi connectivity index (χ4n) is 0.991. The van der Waals surface area contributed by atoms with Gasteiger partial charge in [-0.05, 0) is 26.7 Å². The summed E-state index contributed by atoms with van der Waals surface area (Å²) in [5, 5.41) is 8.11. The number of carbonyl (C=O) groups is 1. The molecule has 3 N–H and O–H groups in total. The third-order valence-corrected chi connectivity index (χ3v) is 1.88. The monoisotopic (exact) mass is 268 g/mol. The van der Waals surface area contributed by atoms with Crippen molar-refractivity contribution in [3.63, 3.8) is 0 Å². The number of nitrogens with two attached hydrogens (primary N) is 1. The fourth-order valence-corrected chi connectivity index (χ4v) is 0.991. The minimum atomic E-state index is -0.733. The Balaban J connectivity index is -0.000000239. The SMILES string of the molecule is C#C.C/C=C/CCC(=O)O.CCCCCN=C(C)N. The first-order valence-electron chi connectivity index (χ1n) is 6.47. The van der Waals surface area contributed by atoms with Crippen LogP contribution in [0.15, 0.2) is 17.1 Å². The van der Waals surface area contributed by atoms with E-state index in [9.17, 15) is 4.79 Å². The number of hydrogen-bond acceptors (Lipinski definition) is 2. The van der Waals surface area contributed by atoms with Gasteiger partial charge < -0.3 is 10.8 Å². The molecule has 0 aliphatic carbocycles. The van der Waals surface area contributed by atoms with Crippen LogP contribution in [0.25, 0.3) is 0 Å². The van der Waals surface area contributed by atoms with Crippen molar-refractivity contribution in [1.29, 1.82) is 0 Å². The predicted octanol–water partition coefficient (Wildman–Crippen LogP) is 3.23. The van der Waals surface area contributed by atoms with E-state index in [4.69, 9.17) is 10.8 Å². The van der Waals surface area contributed by atoms with Gasteiger partial charge in [0.25, 0.3) is 0 Å². The van der Waals surface area contributed by atoms with Crippen LogP contribution >= 0.6 is 0 Å². The molecule has 0 aliphatic heterocycles. The highest BCUT2D eigenvalue weighted by atomic mass is 16.4. The van der Waals surface area contributed by atoms with Crippen molar-refractivity contribution in [2.75, 3.05) is 6.54 Å². The summed E-state index contributed by atoms with van der Waals surface area (Å²) in [5.41, 5.74) is 5.32. The van der Waals surface area contributed by atoms with Crippen molar-refractivity contribution in [1.82, 2.24) is 0 Å². The molecule has 0 saturated carbocycles. The Labute approximate surface area is 117 Å². The Morgan fingerprint density at radius 3 is 2.32 bits per heavy atom. The highest BCUT2D eigenvalue weighted by molar-refractivity contribution is 5.77. The quantitative estimate of drug-likeness (QED) is 0.245. The van der Waals surface area contributed by atoms with Gasteiger partial charge in [0, 0.05) is 13.0 Å². The highest BCUT2D eigenvalue weighted by Crippen LogP contribution is 1.92. The first-order valence-corrected chi connectivity index (χ1v) is 6.47. The summed E-state index contributed by atoms with van der Waals surface area (Å²) in [7, 11) is 0. The summed E-state index contributed by atoms with van der Waals surface area (Å²) in [6.45, 7) is 6.78. The number of rotatable bonds is 7. The number of allylic oxidation sites excluding steroid dienone is 2. The lowest BCUT2D eigenvalue weighted by atomic mass is 10.2. The zero-order valence-corrected chi connectivity index (χ0v) is 12.4. The van der Waals surface area contributed by atoms with E-state index in [1.807, 2.05) is 26.0 Å². The van der Waals surface area contributed by atoms with Crippen molar-refractivity contribution >= 4 is 11.8 Å². The standard InChI is InChI=1S/C7H16N2.C6H10O2.C2H2/c1-3-4-5-6-9-7(2)8;1-2-3-4-5-6(7)8;1-2/h3-6H2,1-2H3,(H2,8,9);2-3H,4-5H2,1H3,(H,7,8);1-2H/b;3-2+;. The van der Waals surface area contributed by atoms with Crippen LogP contribution in [0.2, 0.25) is 0 Å². The number of carboxylic acid groups (broad SMARTS) is 1. The number of aliphatic carboxylic acids is 1. The molecule has 0 aromatic rings. The summed E-state index contributed by atoms with van der Waals surface area (Å²) in [6.07, 6.45) is 16.3. The normalized spacial score (nSPS) is 10.1. The van der Waals surface area contributed by atoms with Gasteiger partial charge in [0.15, 0.2) is 0 Å². The molecule has 0 atom stereocenters. The molecule has 0 heterocycles. The first-order chi connectivity index (χ1) is 9.04. The predicted molar refractivity (Wildman–Crippen MR) is 83.3 cm³/mol. The molecule has 0 radical (unpaired) electrons. The number of nitrogens with zero attached hydrogens (tertiary/aromatic N) is 1. The Hall–Kier alpha value is -1.76. The Morgan fingerprint density at radius 1 is 1.37 bits per heavy atom. The molecule has 0 unspecified atom stereocenters. The zero-order valence-electron chi connectivity index (χ0n) is 12.4. The molecule has 0 rings (SSSR count). The van der Waals surface area contributed by atoms with Crippen LogP contribution in [0.4, 0.5) is 0 Å². The number of amidine groups is 1. The average molecular weight is 268 g/mol. The maximum Gasteiger partial charge on any atom is 0.303 e. The molecule has 0 fully saturated rings. The van der Waals surface area contributed by atoms with E-state index in [0.29, 0.717) is 12.3 Å². The lowest BCUT2D eigenvalue weighted by molar-refractivity contribution is -0.136. The summed E-state index contributed by atoms with van der Waals surface area (Å²) in [6, 6.07) is 0. The first kappa shape index (κ1) is 22.4. The molecule has 4 nitrogen and oxygen atoms in total. The van der Waals surface area contributed by atoms with Crippen molar-refractivity contribution < 1.29 is 9.90 Å². The second-order valence-corrected chi connectivity index (χ2v) is 3.73. The maximum atomic E-state index is 9.84. The Bertz CT molecular complexity index is 265. The molecule has 0 aromatic heterocycles. The van der Waals surface area contributed by atoms with E-state index >= 15 is 0 Å². The average Bonchev–Trinajstić information content (AvgIpc) is 2.38. The Kier molecular flexibility index (Phi) is 25.4. The number of terminal acetylenes is 1. The molecule has 110 valence electrons. The van der Waals surface area contributed by atoms with E-state index in [1.165, 1.54) is 19.3 Å². The third-order valence-electron chi connectivity index (χ3n) is 1.88. The van der Waals surface area contributed by atoms with Gasteiger partial charge in [0.05, 0.1) is 5.84 Å². The molecule has 0 amide bonds. The summed E-state index contributed by atoms with van der Waals surface area (Å²) >= 11 is 0. The number of carboxylic acids is 1. The minimum Gasteiger partial charge on any atom is -0.481 e. The van der Waals surface area contributed by atoms with Gasteiger partial charge in [-0.25, -0.2) is 0 Å². The van der Waals surface area contributed by atoms with Crippen LogP contribution in [0.1, 0.15) is 52.9 Å². The van der Waals surface area contributed by atoms with E-state index in [1.54, 1.807) is 0 Å². The van der Waals surface area contributed by atoms with Gasteiger partial charge in [-0.1, -0.05) is 31.9 Å². The largest absolute Gasteiger partial charge is 0.481 e. The van der Waals surface area contributed by atoms with Gasteiger partial charge in [-0.3, -0.25) is 9.79 Å². The summed E-state index contributed by atoms with van der Waals surface area (Å²) in [5.74, 6) is -0.0331. The molecule has 4 heteroatoms. The van der Waals surface area contributed by atoms with Gasteiger partial charge in [-0.2, -0.15) is 0 Å². The second kappa shape index (κ2) is 21.5. The van der Waals surface area contributed by atoms with Gasteiger partial charge in [0.1, 0.15) is 0 Å². The number of aliphatic imine (C=N–C) groups is 1. The lowest BCUT2D eigenvalue weighted by Gasteiger charge is -1.92. The van der Waals surface area contributed by atoms with Crippen molar-refractivity contribution in [3.8, 4) is 12.8 Å². The topological polar surface area (TPSA) is 75.7 Å². The molecule has 0 saturated heterocycles. The molecule has 0 spiro atoms. The van der Waals surface area contributed by atoms with Crippen LogP contribution in [-0.2, 0) is 4.79 Å². The summed E-state index contributed by atoms with van der Waals surface area (Å²) < 4.78 is 0. The van der Waals surface area contributed by atoms with Crippen LogP contribution in [0.3, 0.4) is 0 Å². The molecule has 19 heavy (non-hydrogen) atoms. The maximum absolute atomic E-state index is 9.84. The van der Waals surface area contributed by atoms with Crippen LogP contribution in [-0.4, -0.2) is 23.5 Å². The van der Waals surface area contributed by atoms with Crippen LogP contribution in [0.5, 0.6) is 0 Å². The van der Waals surface area contributed by atoms with Crippen molar-refractivity contribution in [3.05, 3.63) is 12.2 Å². The molecule has 0 aromatic carbocycles. The van der Waals surface area contributed by atoms with Crippen molar-refractivity contribution in [2.45, 2.75) is 52.9 Å². The molecule has 0 bridgehead atoms. The summed E-state index contributed by atoms with van der Waals surface area (Å²) in [4.78, 5) is 13.9. The molecule has 0 aliphatic rings. The highest BCUT2D eigenvalue weighted by Gasteiger charge is 1.89. The van der Waals surface area contributed by atoms with Crippen molar-refractivity contribution in [2.24, 2.45) is 10.7 Å². The number of hydrogen-bond donors (Lipinski definition) is 2. The third kappa shape index (κ3) is 38.6. The fraction of sp³-hybridized carbons (Fsp3) is 0.600. The minimum absolute atomic E-state index is 0.240. The van der Waals surface area contributed by atoms with Gasteiger partial charge in [-0.15, -0.1) is 12.8 Å². The zero-order chi connectivity index (χ0) is 15.5. The smallest absolute Gasteiger partial charge is 0.303 e. The van der Waals surface area contributed by atoms with Gasteiger partial charge in [0.2, 0.25) is 0 Å². The number of unbranched alkanes of at least 4 members (excludes halogenated alkanes) is 2. The van der Waals surface area contributed by atoms with E-state index in [2.05, 4.69) is 24.8 Å². The second-order valence-electron chi connectivity index (χ2n) is 3.73. The van der Waals surface area contributed by atoms with E-state index in [-0.39, 0.29) is 6.42 Å². The van der Waals surface area contributed by atoms with Crippen LogP contribution in [0, 0.1) is 12.8 Å². The van der Waals surface area contributed by atoms with E-state index in [0.717, 1.165) is 6.54 Å². The van der Waals surface area contributed by atoms with Gasteiger partial charge >= 0.3 is 5.97 Å². The lowest BCUT2D eigenvalue weighted by Crippen LogP contribution is -2.05.